The van der Waals surface area contributed by atoms with E-state index in [1.807, 2.05) is 28.8 Å². The zero-order valence-corrected chi connectivity index (χ0v) is 19.8. The average molecular weight is 452 g/mol. The number of rotatable bonds is 2. The monoisotopic (exact) mass is 451 g/mol. The number of para-hydroxylation sites is 2. The van der Waals surface area contributed by atoms with Gasteiger partial charge < -0.3 is 4.57 Å². The molecule has 0 radical (unpaired) electrons. The van der Waals surface area contributed by atoms with Crippen LogP contribution in [0.1, 0.15) is 70.8 Å². The number of aromatic nitrogens is 2. The summed E-state index contributed by atoms with van der Waals surface area (Å²) in [5.41, 5.74) is 1.67. The molecule has 2 aliphatic heterocycles. The van der Waals surface area contributed by atoms with E-state index < -0.39 is 0 Å². The first-order valence-corrected chi connectivity index (χ1v) is 13.4. The van der Waals surface area contributed by atoms with E-state index in [0.717, 1.165) is 59.5 Å². The highest BCUT2D eigenvalue weighted by Crippen LogP contribution is 2.62. The van der Waals surface area contributed by atoms with Crippen LogP contribution in [-0.4, -0.2) is 32.6 Å². The normalized spacial score (nSPS) is 43.1. The quantitative estimate of drug-likeness (QED) is 0.589. The van der Waals surface area contributed by atoms with Crippen molar-refractivity contribution >= 4 is 22.6 Å². The van der Waals surface area contributed by atoms with Gasteiger partial charge in [-0.3, -0.25) is 9.69 Å². The van der Waals surface area contributed by atoms with Crippen molar-refractivity contribution in [3.8, 4) is 0 Å². The molecule has 8 unspecified atom stereocenters. The van der Waals surface area contributed by atoms with E-state index in [1.54, 1.807) is 0 Å². The Bertz CT molecular complexity index is 1100. The smallest absolute Gasteiger partial charge is 0.288 e. The fourth-order valence-corrected chi connectivity index (χ4v) is 9.39. The van der Waals surface area contributed by atoms with Gasteiger partial charge in [0.05, 0.1) is 11.0 Å². The van der Waals surface area contributed by atoms with Gasteiger partial charge in [0.25, 0.3) is 5.56 Å². The molecule has 0 N–H and O–H groups in total. The van der Waals surface area contributed by atoms with E-state index in [0.29, 0.717) is 12.1 Å². The standard InChI is InChI=1S/C27H34ClN3O/c1-15-16-9-17-10-18(25(15)17)12-21(11-16)30-19-5-4-6-20(30)14-22(13-19)31-24-8-3-2-7-23(24)29-26(28)27(31)32/h2-3,7-8,15-22,25H,4-6,9-14H2,1H3. The van der Waals surface area contributed by atoms with Gasteiger partial charge in [-0.05, 0) is 93.1 Å². The predicted octanol–water partition coefficient (Wildman–Crippen LogP) is 5.68. The second-order valence-corrected chi connectivity index (χ2v) is 12.0. The van der Waals surface area contributed by atoms with Crippen LogP contribution in [0.4, 0.5) is 0 Å². The van der Waals surface area contributed by atoms with E-state index in [2.05, 4.69) is 16.8 Å². The maximum Gasteiger partial charge on any atom is 0.288 e. The summed E-state index contributed by atoms with van der Waals surface area (Å²) in [6.07, 6.45) is 11.9. The van der Waals surface area contributed by atoms with E-state index in [-0.39, 0.29) is 16.8 Å². The minimum absolute atomic E-state index is 0.108. The minimum atomic E-state index is -0.108. The summed E-state index contributed by atoms with van der Waals surface area (Å²) in [6.45, 7) is 2.56. The number of piperidine rings is 2. The molecule has 7 rings (SSSR count). The topological polar surface area (TPSA) is 38.1 Å². The van der Waals surface area contributed by atoms with Gasteiger partial charge in [-0.2, -0.15) is 0 Å². The van der Waals surface area contributed by atoms with Gasteiger partial charge >= 0.3 is 0 Å². The largest absolute Gasteiger partial charge is 0.301 e. The molecule has 1 aromatic heterocycles. The Balaban J connectivity index is 1.21. The molecule has 3 heterocycles. The second-order valence-electron chi connectivity index (χ2n) is 11.7. The number of benzene rings is 1. The molecule has 32 heavy (non-hydrogen) atoms. The third kappa shape index (κ3) is 2.84. The van der Waals surface area contributed by atoms with Crippen LogP contribution >= 0.6 is 11.6 Å². The Kier molecular flexibility index (Phi) is 4.57. The van der Waals surface area contributed by atoms with Gasteiger partial charge in [-0.25, -0.2) is 4.98 Å². The Hall–Kier alpha value is -1.39. The molecule has 0 spiro atoms. The van der Waals surface area contributed by atoms with Crippen molar-refractivity contribution < 1.29 is 0 Å². The van der Waals surface area contributed by atoms with Gasteiger partial charge in [0, 0.05) is 24.2 Å². The lowest BCUT2D eigenvalue weighted by Crippen LogP contribution is -2.58. The molecule has 2 saturated heterocycles. The molecule has 8 atom stereocenters. The summed E-state index contributed by atoms with van der Waals surface area (Å²) >= 11 is 6.32. The molecule has 5 aliphatic rings. The first-order valence-electron chi connectivity index (χ1n) is 13.0. The third-order valence-corrected chi connectivity index (χ3v) is 10.6. The second kappa shape index (κ2) is 7.30. The van der Waals surface area contributed by atoms with E-state index in [1.165, 1.54) is 44.9 Å². The van der Waals surface area contributed by atoms with Gasteiger partial charge in [0.2, 0.25) is 0 Å². The molecular weight excluding hydrogens is 418 g/mol. The van der Waals surface area contributed by atoms with Crippen molar-refractivity contribution in [3.05, 3.63) is 39.8 Å². The molecule has 170 valence electrons. The van der Waals surface area contributed by atoms with E-state index >= 15 is 0 Å². The van der Waals surface area contributed by atoms with Crippen molar-refractivity contribution in [2.45, 2.75) is 88.9 Å². The van der Waals surface area contributed by atoms with Crippen molar-refractivity contribution in [2.24, 2.45) is 29.6 Å². The highest BCUT2D eigenvalue weighted by Gasteiger charge is 2.56. The number of fused-ring (bicyclic) bond motifs is 4. The van der Waals surface area contributed by atoms with Gasteiger partial charge in [-0.15, -0.1) is 0 Å². The Morgan fingerprint density at radius 1 is 0.875 bits per heavy atom. The highest BCUT2D eigenvalue weighted by atomic mass is 35.5. The zero-order valence-electron chi connectivity index (χ0n) is 19.0. The van der Waals surface area contributed by atoms with Crippen LogP contribution in [0.5, 0.6) is 0 Å². The van der Waals surface area contributed by atoms with Gasteiger partial charge in [-0.1, -0.05) is 37.1 Å². The van der Waals surface area contributed by atoms with Crippen molar-refractivity contribution in [3.63, 3.8) is 0 Å². The molecule has 1 aromatic carbocycles. The van der Waals surface area contributed by atoms with Crippen LogP contribution in [-0.2, 0) is 0 Å². The van der Waals surface area contributed by atoms with Crippen LogP contribution in [0.15, 0.2) is 29.1 Å². The maximum absolute atomic E-state index is 13.2. The number of hydrogen-bond donors (Lipinski definition) is 0. The van der Waals surface area contributed by atoms with Crippen molar-refractivity contribution in [1.29, 1.82) is 0 Å². The van der Waals surface area contributed by atoms with Crippen molar-refractivity contribution in [1.82, 2.24) is 14.5 Å². The highest BCUT2D eigenvalue weighted by molar-refractivity contribution is 6.29. The Morgan fingerprint density at radius 2 is 1.56 bits per heavy atom. The fraction of sp³-hybridized carbons (Fsp3) is 0.704. The summed E-state index contributed by atoms with van der Waals surface area (Å²) in [5, 5.41) is 0.115. The van der Waals surface area contributed by atoms with Crippen LogP contribution in [0, 0.1) is 29.6 Å². The molecule has 2 aromatic rings. The molecule has 5 heteroatoms. The lowest BCUT2D eigenvalue weighted by molar-refractivity contribution is -0.0441. The number of hydrogen-bond acceptors (Lipinski definition) is 3. The summed E-state index contributed by atoms with van der Waals surface area (Å²) < 4.78 is 2.00. The lowest BCUT2D eigenvalue weighted by atomic mass is 9.62. The first-order chi connectivity index (χ1) is 15.6. The molecule has 4 nitrogen and oxygen atoms in total. The maximum atomic E-state index is 13.2. The first kappa shape index (κ1) is 20.0. The molecule has 3 saturated carbocycles. The van der Waals surface area contributed by atoms with Crippen molar-refractivity contribution in [2.75, 3.05) is 0 Å². The molecule has 4 bridgehead atoms. The summed E-state index contributed by atoms with van der Waals surface area (Å²) in [7, 11) is 0. The van der Waals surface area contributed by atoms with Crippen LogP contribution in [0.25, 0.3) is 11.0 Å². The lowest BCUT2D eigenvalue weighted by Gasteiger charge is -2.54. The van der Waals surface area contributed by atoms with Crippen LogP contribution in [0.2, 0.25) is 5.15 Å². The SMILES string of the molecule is CC1C2CC3CC(CC(N4C5CCCC4CC(n4c(=O)c(Cl)nc6ccccc64)C5)C2)C31. The van der Waals surface area contributed by atoms with E-state index in [9.17, 15) is 4.79 Å². The number of nitrogens with zero attached hydrogens (tertiary/aromatic N) is 3. The fourth-order valence-electron chi connectivity index (χ4n) is 9.21. The predicted molar refractivity (Wildman–Crippen MR) is 128 cm³/mol. The Labute approximate surface area is 195 Å². The van der Waals surface area contributed by atoms with Gasteiger partial charge in [0.15, 0.2) is 5.15 Å². The summed E-state index contributed by atoms with van der Waals surface area (Å²) in [4.78, 5) is 20.5. The molecular formula is C27H34ClN3O. The molecule has 0 amide bonds. The molecule has 3 aliphatic carbocycles. The average Bonchev–Trinajstić information content (AvgIpc) is 2.91. The van der Waals surface area contributed by atoms with E-state index in [4.69, 9.17) is 11.6 Å². The third-order valence-electron chi connectivity index (χ3n) is 10.3. The van der Waals surface area contributed by atoms with Gasteiger partial charge in [0.1, 0.15) is 0 Å². The zero-order chi connectivity index (χ0) is 21.6. The van der Waals surface area contributed by atoms with Crippen LogP contribution < -0.4 is 5.56 Å². The Morgan fingerprint density at radius 3 is 2.38 bits per heavy atom. The minimum Gasteiger partial charge on any atom is -0.301 e. The summed E-state index contributed by atoms with van der Waals surface area (Å²) in [6, 6.07) is 10.2. The van der Waals surface area contributed by atoms with Crippen LogP contribution in [0.3, 0.4) is 0 Å². The number of halogens is 1. The molecule has 5 fully saturated rings. The summed E-state index contributed by atoms with van der Waals surface area (Å²) in [5.74, 6) is 4.97.